The summed E-state index contributed by atoms with van der Waals surface area (Å²) in [5.74, 6) is 2.28. The van der Waals surface area contributed by atoms with Crippen molar-refractivity contribution < 1.29 is 0 Å². The second-order valence-electron chi connectivity index (χ2n) is 5.37. The van der Waals surface area contributed by atoms with Crippen LogP contribution in [0.15, 0.2) is 35.3 Å². The summed E-state index contributed by atoms with van der Waals surface area (Å²) < 4.78 is 0. The molecule has 1 aromatic rings. The number of guanidine groups is 1. The van der Waals surface area contributed by atoms with Crippen LogP contribution in [0.25, 0.3) is 0 Å². The van der Waals surface area contributed by atoms with E-state index in [1.807, 2.05) is 0 Å². The minimum Gasteiger partial charge on any atom is -0.357 e. The summed E-state index contributed by atoms with van der Waals surface area (Å²) in [7, 11) is 0. The largest absolute Gasteiger partial charge is 0.357 e. The molecule has 1 unspecified atom stereocenters. The van der Waals surface area contributed by atoms with Crippen LogP contribution in [0.5, 0.6) is 0 Å². The molecule has 1 atom stereocenters. The van der Waals surface area contributed by atoms with E-state index in [1.54, 1.807) is 0 Å². The van der Waals surface area contributed by atoms with Gasteiger partial charge in [-0.05, 0) is 43.9 Å². The summed E-state index contributed by atoms with van der Waals surface area (Å²) in [4.78, 5) is 4.71. The molecule has 0 radical (unpaired) electrons. The van der Waals surface area contributed by atoms with Gasteiger partial charge < -0.3 is 10.6 Å². The van der Waals surface area contributed by atoms with Crippen molar-refractivity contribution in [2.45, 2.75) is 37.9 Å². The molecule has 2 rings (SSSR count). The predicted octanol–water partition coefficient (Wildman–Crippen LogP) is 3.07. The number of rotatable bonds is 7. The third-order valence-corrected chi connectivity index (χ3v) is 4.98. The van der Waals surface area contributed by atoms with E-state index in [9.17, 15) is 0 Å². The van der Waals surface area contributed by atoms with E-state index in [-0.39, 0.29) is 0 Å². The standard InChI is InChI=1S/C17H27N3S/c1-2-18-17(20-14-16-11-7-13-21-16)19-12-6-10-15-8-4-3-5-9-15/h3-5,8-9,16H,2,6-7,10-14H2,1H3,(H2,18,19,20). The molecule has 1 aromatic carbocycles. The average Bonchev–Trinajstić information content (AvgIpc) is 3.03. The van der Waals surface area contributed by atoms with Gasteiger partial charge >= 0.3 is 0 Å². The molecule has 0 aromatic heterocycles. The molecule has 1 aliphatic rings. The smallest absolute Gasteiger partial charge is 0.191 e. The molecule has 21 heavy (non-hydrogen) atoms. The molecule has 1 aliphatic heterocycles. The molecule has 1 fully saturated rings. The van der Waals surface area contributed by atoms with Gasteiger partial charge in [-0.2, -0.15) is 11.8 Å². The number of hydrogen-bond donors (Lipinski definition) is 2. The van der Waals surface area contributed by atoms with Gasteiger partial charge in [-0.15, -0.1) is 0 Å². The zero-order valence-electron chi connectivity index (χ0n) is 13.0. The fraction of sp³-hybridized carbons (Fsp3) is 0.588. The molecule has 0 bridgehead atoms. The van der Waals surface area contributed by atoms with E-state index in [0.29, 0.717) is 0 Å². The Bertz CT molecular complexity index is 413. The van der Waals surface area contributed by atoms with Crippen LogP contribution < -0.4 is 10.6 Å². The number of aryl methyl sites for hydroxylation is 1. The van der Waals surface area contributed by atoms with E-state index in [4.69, 9.17) is 4.99 Å². The lowest BCUT2D eigenvalue weighted by Crippen LogP contribution is -2.38. The molecule has 2 N–H and O–H groups in total. The summed E-state index contributed by atoms with van der Waals surface area (Å²) >= 11 is 2.07. The van der Waals surface area contributed by atoms with E-state index in [1.165, 1.54) is 24.2 Å². The highest BCUT2D eigenvalue weighted by Gasteiger charge is 2.14. The van der Waals surface area contributed by atoms with Crippen molar-refractivity contribution in [3.05, 3.63) is 35.9 Å². The quantitative estimate of drug-likeness (QED) is 0.462. The van der Waals surface area contributed by atoms with Gasteiger partial charge in [0.1, 0.15) is 0 Å². The number of hydrogen-bond acceptors (Lipinski definition) is 2. The van der Waals surface area contributed by atoms with Crippen LogP contribution in [-0.2, 0) is 6.42 Å². The van der Waals surface area contributed by atoms with Gasteiger partial charge in [0.25, 0.3) is 0 Å². The lowest BCUT2D eigenvalue weighted by Gasteiger charge is -2.12. The van der Waals surface area contributed by atoms with Crippen LogP contribution in [0.4, 0.5) is 0 Å². The molecule has 1 saturated heterocycles. The molecule has 3 nitrogen and oxygen atoms in total. The second kappa shape index (κ2) is 9.72. The van der Waals surface area contributed by atoms with Crippen molar-refractivity contribution in [1.29, 1.82) is 0 Å². The first-order valence-electron chi connectivity index (χ1n) is 8.06. The van der Waals surface area contributed by atoms with Crippen molar-refractivity contribution in [2.24, 2.45) is 4.99 Å². The van der Waals surface area contributed by atoms with Gasteiger partial charge in [0.05, 0.1) is 6.54 Å². The molecular formula is C17H27N3S. The van der Waals surface area contributed by atoms with Crippen LogP contribution in [0, 0.1) is 0 Å². The van der Waals surface area contributed by atoms with E-state index in [2.05, 4.69) is 59.7 Å². The third-order valence-electron chi connectivity index (χ3n) is 3.60. The summed E-state index contributed by atoms with van der Waals surface area (Å²) in [6.45, 7) is 4.95. The topological polar surface area (TPSA) is 36.4 Å². The number of aliphatic imine (C=N–C) groups is 1. The maximum Gasteiger partial charge on any atom is 0.191 e. The maximum absolute atomic E-state index is 4.71. The molecule has 4 heteroatoms. The van der Waals surface area contributed by atoms with E-state index < -0.39 is 0 Å². The van der Waals surface area contributed by atoms with Crippen molar-refractivity contribution in [3.63, 3.8) is 0 Å². The van der Waals surface area contributed by atoms with E-state index >= 15 is 0 Å². The Balaban J connectivity index is 1.68. The van der Waals surface area contributed by atoms with Gasteiger partial charge in [-0.1, -0.05) is 30.3 Å². The molecule has 0 amide bonds. The SMILES string of the molecule is CCNC(=NCC1CCCS1)NCCCc1ccccc1. The van der Waals surface area contributed by atoms with Crippen molar-refractivity contribution in [3.8, 4) is 0 Å². The summed E-state index contributed by atoms with van der Waals surface area (Å²) in [6.07, 6.45) is 4.92. The fourth-order valence-electron chi connectivity index (χ4n) is 2.47. The molecule has 0 spiro atoms. The third kappa shape index (κ3) is 6.42. The van der Waals surface area contributed by atoms with Gasteiger partial charge in [-0.25, -0.2) is 0 Å². The van der Waals surface area contributed by atoms with Crippen LogP contribution >= 0.6 is 11.8 Å². The van der Waals surface area contributed by atoms with Crippen LogP contribution in [0.1, 0.15) is 31.7 Å². The van der Waals surface area contributed by atoms with Crippen LogP contribution in [0.2, 0.25) is 0 Å². The minimum atomic E-state index is 0.727. The Hall–Kier alpha value is -1.16. The lowest BCUT2D eigenvalue weighted by molar-refractivity contribution is 0.733. The van der Waals surface area contributed by atoms with Crippen LogP contribution in [0.3, 0.4) is 0 Å². The number of thioether (sulfide) groups is 1. The van der Waals surface area contributed by atoms with Crippen molar-refractivity contribution in [1.82, 2.24) is 10.6 Å². The Morgan fingerprint density at radius 2 is 2.14 bits per heavy atom. The zero-order valence-corrected chi connectivity index (χ0v) is 13.8. The second-order valence-corrected chi connectivity index (χ2v) is 6.78. The number of nitrogens with zero attached hydrogens (tertiary/aromatic N) is 1. The minimum absolute atomic E-state index is 0.727. The zero-order chi connectivity index (χ0) is 14.8. The van der Waals surface area contributed by atoms with Gasteiger partial charge in [0, 0.05) is 18.3 Å². The Morgan fingerprint density at radius 3 is 2.86 bits per heavy atom. The number of benzene rings is 1. The van der Waals surface area contributed by atoms with Crippen molar-refractivity contribution >= 4 is 17.7 Å². The number of nitrogens with one attached hydrogen (secondary N) is 2. The predicted molar refractivity (Wildman–Crippen MR) is 94.2 cm³/mol. The van der Waals surface area contributed by atoms with Crippen LogP contribution in [-0.4, -0.2) is 36.6 Å². The highest BCUT2D eigenvalue weighted by atomic mass is 32.2. The molecule has 116 valence electrons. The average molecular weight is 305 g/mol. The highest BCUT2D eigenvalue weighted by molar-refractivity contribution is 8.00. The molecule has 0 aliphatic carbocycles. The van der Waals surface area contributed by atoms with Gasteiger partial charge in [0.15, 0.2) is 5.96 Å². The fourth-order valence-corrected chi connectivity index (χ4v) is 3.65. The first kappa shape index (κ1) is 16.2. The van der Waals surface area contributed by atoms with Gasteiger partial charge in [0.2, 0.25) is 0 Å². The molecule has 1 heterocycles. The highest BCUT2D eigenvalue weighted by Crippen LogP contribution is 2.25. The van der Waals surface area contributed by atoms with Crippen molar-refractivity contribution in [2.75, 3.05) is 25.4 Å². The molecule has 0 saturated carbocycles. The Morgan fingerprint density at radius 1 is 1.29 bits per heavy atom. The summed E-state index contributed by atoms with van der Waals surface area (Å²) in [5, 5.41) is 7.51. The first-order valence-corrected chi connectivity index (χ1v) is 9.11. The monoisotopic (exact) mass is 305 g/mol. The Labute approximate surface area is 133 Å². The lowest BCUT2D eigenvalue weighted by atomic mass is 10.1. The summed E-state index contributed by atoms with van der Waals surface area (Å²) in [5.41, 5.74) is 1.41. The Kier molecular flexibility index (Phi) is 7.50. The maximum atomic E-state index is 4.71. The first-order chi connectivity index (χ1) is 10.4. The van der Waals surface area contributed by atoms with E-state index in [0.717, 1.165) is 43.7 Å². The normalized spacial score (nSPS) is 18.7. The van der Waals surface area contributed by atoms with Gasteiger partial charge in [-0.3, -0.25) is 4.99 Å². The molecular weight excluding hydrogens is 278 g/mol. The summed E-state index contributed by atoms with van der Waals surface area (Å²) in [6, 6.07) is 10.7.